The molecule has 0 atom stereocenters. The zero-order chi connectivity index (χ0) is 21.1. The van der Waals surface area contributed by atoms with E-state index in [0.717, 1.165) is 11.3 Å². The average Bonchev–Trinajstić information content (AvgIpc) is 2.92. The molecule has 1 aromatic heterocycles. The van der Waals surface area contributed by atoms with E-state index < -0.39 is 6.03 Å². The first-order valence-electron chi connectivity index (χ1n) is 8.91. The molecule has 3 aromatic rings. The fourth-order valence-electron chi connectivity index (χ4n) is 2.91. The number of carbonyl (C=O) groups excluding carboxylic acids is 2. The molecule has 0 bridgehead atoms. The number of rotatable bonds is 5. The van der Waals surface area contributed by atoms with E-state index in [2.05, 4.69) is 15.7 Å². The average molecular weight is 431 g/mol. The van der Waals surface area contributed by atoms with E-state index in [1.807, 2.05) is 19.9 Å². The molecular weight excluding hydrogens is 411 g/mol. The van der Waals surface area contributed by atoms with Crippen molar-refractivity contribution >= 4 is 46.4 Å². The van der Waals surface area contributed by atoms with Crippen LogP contribution in [0.25, 0.3) is 0 Å². The quantitative estimate of drug-likeness (QED) is 0.509. The second kappa shape index (κ2) is 8.68. The van der Waals surface area contributed by atoms with Gasteiger partial charge in [-0.15, -0.1) is 0 Å². The number of ketones is 1. The van der Waals surface area contributed by atoms with E-state index in [9.17, 15) is 9.59 Å². The number of hydrogen-bond acceptors (Lipinski definition) is 3. The molecular formula is C21H20Cl2N4O2. The van der Waals surface area contributed by atoms with Crippen LogP contribution in [0.15, 0.2) is 42.5 Å². The summed E-state index contributed by atoms with van der Waals surface area (Å²) in [6, 6.07) is 11.6. The molecule has 0 unspecified atom stereocenters. The van der Waals surface area contributed by atoms with E-state index in [1.54, 1.807) is 41.1 Å². The van der Waals surface area contributed by atoms with Gasteiger partial charge >= 0.3 is 6.03 Å². The smallest absolute Gasteiger partial charge is 0.308 e. The number of urea groups is 1. The van der Waals surface area contributed by atoms with Gasteiger partial charge < -0.3 is 10.6 Å². The lowest BCUT2D eigenvalue weighted by Crippen LogP contribution is -2.20. The third kappa shape index (κ3) is 4.96. The maximum absolute atomic E-state index is 12.4. The van der Waals surface area contributed by atoms with Gasteiger partial charge in [-0.2, -0.15) is 5.10 Å². The number of amides is 2. The number of benzene rings is 2. The van der Waals surface area contributed by atoms with Crippen LogP contribution in [0.2, 0.25) is 10.0 Å². The number of carbonyl (C=O) groups is 2. The Morgan fingerprint density at radius 2 is 1.72 bits per heavy atom. The first-order chi connectivity index (χ1) is 13.7. The van der Waals surface area contributed by atoms with Gasteiger partial charge in [-0.3, -0.25) is 9.48 Å². The molecule has 0 spiro atoms. The minimum Gasteiger partial charge on any atom is -0.308 e. The van der Waals surface area contributed by atoms with Crippen molar-refractivity contribution in [3.05, 3.63) is 75.0 Å². The predicted molar refractivity (Wildman–Crippen MR) is 116 cm³/mol. The van der Waals surface area contributed by atoms with Gasteiger partial charge in [0.25, 0.3) is 0 Å². The van der Waals surface area contributed by atoms with Crippen LogP contribution in [0.5, 0.6) is 0 Å². The molecule has 0 aliphatic rings. The molecule has 1 heterocycles. The monoisotopic (exact) mass is 430 g/mol. The summed E-state index contributed by atoms with van der Waals surface area (Å²) in [5.74, 6) is -0.0274. The van der Waals surface area contributed by atoms with E-state index >= 15 is 0 Å². The van der Waals surface area contributed by atoms with Gasteiger partial charge in [0, 0.05) is 21.3 Å². The summed E-state index contributed by atoms with van der Waals surface area (Å²) in [7, 11) is 0. The van der Waals surface area contributed by atoms with Crippen LogP contribution in [-0.4, -0.2) is 21.6 Å². The second-order valence-electron chi connectivity index (χ2n) is 6.65. The number of Topliss-reactive ketones (excluding diaryl/α,β-unsaturated/α-hetero) is 1. The molecule has 2 N–H and O–H groups in total. The van der Waals surface area contributed by atoms with Crippen LogP contribution in [0.4, 0.5) is 16.2 Å². The lowest BCUT2D eigenvalue weighted by atomic mass is 10.1. The van der Waals surface area contributed by atoms with Crippen LogP contribution >= 0.6 is 23.2 Å². The van der Waals surface area contributed by atoms with E-state index in [0.29, 0.717) is 39.2 Å². The molecule has 0 aliphatic carbocycles. The molecule has 3 rings (SSSR count). The first kappa shape index (κ1) is 20.9. The van der Waals surface area contributed by atoms with Gasteiger partial charge in [-0.05, 0) is 62.7 Å². The molecule has 150 valence electrons. The third-order valence-corrected chi connectivity index (χ3v) is 5.09. The zero-order valence-electron chi connectivity index (χ0n) is 16.2. The summed E-state index contributed by atoms with van der Waals surface area (Å²) in [6.45, 7) is 5.65. The van der Waals surface area contributed by atoms with E-state index in [4.69, 9.17) is 23.2 Å². The number of aromatic nitrogens is 2. The van der Waals surface area contributed by atoms with Crippen molar-refractivity contribution in [2.24, 2.45) is 0 Å². The van der Waals surface area contributed by atoms with Crippen LogP contribution < -0.4 is 10.6 Å². The fraction of sp³-hybridized carbons (Fsp3) is 0.190. The Balaban J connectivity index is 1.72. The zero-order valence-corrected chi connectivity index (χ0v) is 17.7. The van der Waals surface area contributed by atoms with Crippen molar-refractivity contribution in [1.29, 1.82) is 0 Å². The SMILES string of the molecule is CC(=O)c1ccc(NC(=O)Nc2c(C)nn(Cc3ccc(Cl)cc3Cl)c2C)cc1. The van der Waals surface area contributed by atoms with Gasteiger partial charge in [0.2, 0.25) is 0 Å². The summed E-state index contributed by atoms with van der Waals surface area (Å²) in [6.07, 6.45) is 0. The highest BCUT2D eigenvalue weighted by atomic mass is 35.5. The Morgan fingerprint density at radius 1 is 1.03 bits per heavy atom. The van der Waals surface area contributed by atoms with Crippen LogP contribution in [0, 0.1) is 13.8 Å². The van der Waals surface area contributed by atoms with Crippen molar-refractivity contribution in [3.8, 4) is 0 Å². The normalized spacial score (nSPS) is 10.7. The lowest BCUT2D eigenvalue weighted by Gasteiger charge is -2.10. The molecule has 0 saturated carbocycles. The molecule has 29 heavy (non-hydrogen) atoms. The highest BCUT2D eigenvalue weighted by molar-refractivity contribution is 6.35. The summed E-state index contributed by atoms with van der Waals surface area (Å²) in [5.41, 5.74) is 4.18. The molecule has 6 nitrogen and oxygen atoms in total. The second-order valence-corrected chi connectivity index (χ2v) is 7.50. The number of hydrogen-bond donors (Lipinski definition) is 2. The Labute approximate surface area is 178 Å². The maximum Gasteiger partial charge on any atom is 0.323 e. The molecule has 0 radical (unpaired) electrons. The Kier molecular flexibility index (Phi) is 6.25. The highest BCUT2D eigenvalue weighted by Gasteiger charge is 2.15. The summed E-state index contributed by atoms with van der Waals surface area (Å²) in [4.78, 5) is 23.7. The van der Waals surface area contributed by atoms with Crippen molar-refractivity contribution < 1.29 is 9.59 Å². The number of anilines is 2. The van der Waals surface area contributed by atoms with Crippen LogP contribution in [0.1, 0.15) is 34.2 Å². The minimum atomic E-state index is -0.393. The van der Waals surface area contributed by atoms with Crippen LogP contribution in [-0.2, 0) is 6.54 Å². The van der Waals surface area contributed by atoms with E-state index in [1.165, 1.54) is 6.92 Å². The number of halogens is 2. The molecule has 8 heteroatoms. The van der Waals surface area contributed by atoms with Crippen LogP contribution in [0.3, 0.4) is 0 Å². The van der Waals surface area contributed by atoms with Gasteiger partial charge in [-0.1, -0.05) is 29.3 Å². The molecule has 0 fully saturated rings. The molecule has 2 aromatic carbocycles. The Bertz CT molecular complexity index is 1080. The molecule has 0 saturated heterocycles. The molecule has 2 amide bonds. The van der Waals surface area contributed by atoms with E-state index in [-0.39, 0.29) is 5.78 Å². The van der Waals surface area contributed by atoms with Gasteiger partial charge in [-0.25, -0.2) is 4.79 Å². The van der Waals surface area contributed by atoms with Crippen molar-refractivity contribution in [1.82, 2.24) is 9.78 Å². The van der Waals surface area contributed by atoms with Gasteiger partial charge in [0.15, 0.2) is 5.78 Å². The number of nitrogens with zero attached hydrogens (tertiary/aromatic N) is 2. The fourth-order valence-corrected chi connectivity index (χ4v) is 3.38. The number of nitrogens with one attached hydrogen (secondary N) is 2. The predicted octanol–water partition coefficient (Wildman–Crippen LogP) is 5.70. The van der Waals surface area contributed by atoms with Crippen molar-refractivity contribution in [2.45, 2.75) is 27.3 Å². The summed E-state index contributed by atoms with van der Waals surface area (Å²) in [5, 5.41) is 11.2. The van der Waals surface area contributed by atoms with Crippen molar-refractivity contribution in [3.63, 3.8) is 0 Å². The van der Waals surface area contributed by atoms with Gasteiger partial charge in [0.1, 0.15) is 0 Å². The standard InChI is InChI=1S/C21H20Cl2N4O2/c1-12-20(25-21(29)24-18-8-5-15(6-9-18)14(3)28)13(2)27(26-12)11-16-4-7-17(22)10-19(16)23/h4-10H,11H2,1-3H3,(H2,24,25,29). The third-order valence-electron chi connectivity index (χ3n) is 4.50. The maximum atomic E-state index is 12.4. The summed E-state index contributed by atoms with van der Waals surface area (Å²) < 4.78 is 1.78. The van der Waals surface area contributed by atoms with Crippen molar-refractivity contribution in [2.75, 3.05) is 10.6 Å². The van der Waals surface area contributed by atoms with Gasteiger partial charge in [0.05, 0.1) is 23.6 Å². The first-order valence-corrected chi connectivity index (χ1v) is 9.67. The largest absolute Gasteiger partial charge is 0.323 e. The lowest BCUT2D eigenvalue weighted by molar-refractivity contribution is 0.101. The Hall–Kier alpha value is -2.83. The minimum absolute atomic E-state index is 0.0274. The Morgan fingerprint density at radius 3 is 2.34 bits per heavy atom. The topological polar surface area (TPSA) is 76.0 Å². The highest BCUT2D eigenvalue weighted by Crippen LogP contribution is 2.25. The number of aryl methyl sites for hydroxylation is 1. The summed E-state index contributed by atoms with van der Waals surface area (Å²) >= 11 is 12.2. The molecule has 0 aliphatic heterocycles.